The number of fused-ring (bicyclic) bond motifs is 2. The number of nitrogens with zero attached hydrogens (tertiary/aromatic N) is 4. The second-order valence-corrected chi connectivity index (χ2v) is 10.2. The zero-order valence-electron chi connectivity index (χ0n) is 17.5. The van der Waals surface area contributed by atoms with Crippen molar-refractivity contribution in [3.8, 4) is 0 Å². The molecule has 0 aromatic heterocycles. The van der Waals surface area contributed by atoms with Gasteiger partial charge in [-0.3, -0.25) is 4.79 Å². The molecule has 156 valence electrons. The van der Waals surface area contributed by atoms with Crippen LogP contribution in [0.1, 0.15) is 51.4 Å². The van der Waals surface area contributed by atoms with E-state index in [1.165, 1.54) is 19.3 Å². The minimum atomic E-state index is -0.153. The van der Waals surface area contributed by atoms with Crippen molar-refractivity contribution in [1.82, 2.24) is 19.6 Å². The van der Waals surface area contributed by atoms with Crippen LogP contribution in [-0.4, -0.2) is 90.9 Å². The molecule has 5 rings (SSSR count). The zero-order valence-corrected chi connectivity index (χ0v) is 17.5. The lowest BCUT2D eigenvalue weighted by molar-refractivity contribution is -0.142. The Hall–Kier alpha value is -1.30. The van der Waals surface area contributed by atoms with Gasteiger partial charge in [0.2, 0.25) is 5.91 Å². The molecule has 28 heavy (non-hydrogen) atoms. The summed E-state index contributed by atoms with van der Waals surface area (Å²) in [5.74, 6) is 0.925. The van der Waals surface area contributed by atoms with Crippen molar-refractivity contribution in [1.29, 1.82) is 0 Å². The van der Waals surface area contributed by atoms with Gasteiger partial charge in [0.1, 0.15) is 0 Å². The third-order valence-corrected chi connectivity index (χ3v) is 8.75. The Kier molecular flexibility index (Phi) is 4.61. The minimum absolute atomic E-state index is 0.153. The van der Waals surface area contributed by atoms with Gasteiger partial charge in [0.15, 0.2) is 0 Å². The standard InChI is InChI=1S/C22H36N4O2/c1-23-16-18-21(6-7-22(18,17-23)19(27)24-10-2-3-11-24)8-14-26(15-9-21)20(28)25-12-4-5-13-25/h18H,2-17H2,1H3/t18-,22+/m0/s1. The fraction of sp³-hybridized carbons (Fsp3) is 0.909. The number of hydrogen-bond donors (Lipinski definition) is 0. The van der Waals surface area contributed by atoms with Gasteiger partial charge in [-0.2, -0.15) is 0 Å². The van der Waals surface area contributed by atoms with Gasteiger partial charge >= 0.3 is 6.03 Å². The molecule has 1 saturated carbocycles. The van der Waals surface area contributed by atoms with Gasteiger partial charge in [-0.25, -0.2) is 4.79 Å². The lowest BCUT2D eigenvalue weighted by Crippen LogP contribution is -2.52. The SMILES string of the molecule is CN1C[C@H]2C3(CCN(C(=O)N4CCCC4)CC3)CC[C@@]2(C(=O)N2CCCC2)C1. The molecule has 5 fully saturated rings. The van der Waals surface area contributed by atoms with Crippen molar-refractivity contribution in [3.63, 3.8) is 0 Å². The van der Waals surface area contributed by atoms with E-state index >= 15 is 0 Å². The number of carbonyl (C=O) groups is 2. The topological polar surface area (TPSA) is 47.1 Å². The maximum atomic E-state index is 13.6. The smallest absolute Gasteiger partial charge is 0.319 e. The molecule has 0 radical (unpaired) electrons. The van der Waals surface area contributed by atoms with Crippen LogP contribution in [0.25, 0.3) is 0 Å². The molecule has 0 bridgehead atoms. The highest BCUT2D eigenvalue weighted by atomic mass is 16.2. The average molecular weight is 389 g/mol. The second-order valence-electron chi connectivity index (χ2n) is 10.2. The average Bonchev–Trinajstić information content (AvgIpc) is 3.48. The molecule has 0 aromatic carbocycles. The largest absolute Gasteiger partial charge is 0.342 e. The monoisotopic (exact) mass is 388 g/mol. The quantitative estimate of drug-likeness (QED) is 0.692. The molecular weight excluding hydrogens is 352 g/mol. The molecule has 4 saturated heterocycles. The highest BCUT2D eigenvalue weighted by molar-refractivity contribution is 5.85. The van der Waals surface area contributed by atoms with Crippen LogP contribution in [0.15, 0.2) is 0 Å². The van der Waals surface area contributed by atoms with Crippen LogP contribution in [-0.2, 0) is 4.79 Å². The molecule has 6 heteroatoms. The van der Waals surface area contributed by atoms with Crippen molar-refractivity contribution in [3.05, 3.63) is 0 Å². The van der Waals surface area contributed by atoms with Gasteiger partial charge in [0, 0.05) is 52.4 Å². The minimum Gasteiger partial charge on any atom is -0.342 e. The molecule has 2 atom stereocenters. The van der Waals surface area contributed by atoms with Crippen molar-refractivity contribution in [2.45, 2.75) is 51.4 Å². The maximum absolute atomic E-state index is 13.6. The first-order valence-electron chi connectivity index (χ1n) is 11.6. The Balaban J connectivity index is 1.31. The van der Waals surface area contributed by atoms with E-state index in [-0.39, 0.29) is 16.9 Å². The molecule has 4 heterocycles. The fourth-order valence-corrected chi connectivity index (χ4v) is 7.23. The Morgan fingerprint density at radius 3 is 1.96 bits per heavy atom. The third kappa shape index (κ3) is 2.78. The van der Waals surface area contributed by atoms with Crippen LogP contribution in [0.4, 0.5) is 4.79 Å². The predicted molar refractivity (Wildman–Crippen MR) is 108 cm³/mol. The van der Waals surface area contributed by atoms with Crippen LogP contribution in [0, 0.1) is 16.7 Å². The molecule has 3 amide bonds. The summed E-state index contributed by atoms with van der Waals surface area (Å²) in [6, 6.07) is 0.258. The number of piperidine rings is 1. The van der Waals surface area contributed by atoms with Crippen LogP contribution in [0.5, 0.6) is 0 Å². The third-order valence-electron chi connectivity index (χ3n) is 8.75. The van der Waals surface area contributed by atoms with E-state index in [0.717, 1.165) is 84.5 Å². The van der Waals surface area contributed by atoms with E-state index in [4.69, 9.17) is 0 Å². The normalized spacial score (nSPS) is 35.2. The highest BCUT2D eigenvalue weighted by Crippen LogP contribution is 2.62. The van der Waals surface area contributed by atoms with Gasteiger partial charge in [-0.15, -0.1) is 0 Å². The molecule has 0 aromatic rings. The van der Waals surface area contributed by atoms with E-state index in [1.807, 2.05) is 4.90 Å². The molecule has 0 unspecified atom stereocenters. The first-order valence-corrected chi connectivity index (χ1v) is 11.6. The van der Waals surface area contributed by atoms with Crippen LogP contribution < -0.4 is 0 Å². The van der Waals surface area contributed by atoms with Gasteiger partial charge < -0.3 is 19.6 Å². The predicted octanol–water partition coefficient (Wildman–Crippen LogP) is 2.25. The Morgan fingerprint density at radius 2 is 1.32 bits per heavy atom. The summed E-state index contributed by atoms with van der Waals surface area (Å²) >= 11 is 0. The molecular formula is C22H36N4O2. The molecule has 1 aliphatic carbocycles. The number of amides is 3. The van der Waals surface area contributed by atoms with Crippen molar-refractivity contribution >= 4 is 11.9 Å². The highest BCUT2D eigenvalue weighted by Gasteiger charge is 2.64. The summed E-state index contributed by atoms with van der Waals surface area (Å²) in [6.45, 7) is 7.53. The lowest BCUT2D eigenvalue weighted by atomic mass is 9.65. The number of rotatable bonds is 1. The second kappa shape index (κ2) is 6.89. The number of hydrogen-bond acceptors (Lipinski definition) is 3. The Morgan fingerprint density at radius 1 is 0.750 bits per heavy atom. The molecule has 0 N–H and O–H groups in total. The summed E-state index contributed by atoms with van der Waals surface area (Å²) in [6.07, 6.45) is 9.04. The lowest BCUT2D eigenvalue weighted by Gasteiger charge is -2.45. The van der Waals surface area contributed by atoms with E-state index < -0.39 is 0 Å². The van der Waals surface area contributed by atoms with E-state index in [2.05, 4.69) is 21.7 Å². The van der Waals surface area contributed by atoms with Crippen LogP contribution in [0.3, 0.4) is 0 Å². The Labute approximate surface area is 169 Å². The summed E-state index contributed by atoms with van der Waals surface area (Å²) < 4.78 is 0. The van der Waals surface area contributed by atoms with Gasteiger partial charge in [-0.1, -0.05) is 0 Å². The number of urea groups is 1. The van der Waals surface area contributed by atoms with Gasteiger partial charge in [0.25, 0.3) is 0 Å². The summed E-state index contributed by atoms with van der Waals surface area (Å²) in [5, 5.41) is 0. The molecule has 4 aliphatic heterocycles. The summed E-state index contributed by atoms with van der Waals surface area (Å²) in [7, 11) is 2.19. The first kappa shape index (κ1) is 18.7. The van der Waals surface area contributed by atoms with E-state index in [1.54, 1.807) is 0 Å². The van der Waals surface area contributed by atoms with Crippen LogP contribution >= 0.6 is 0 Å². The summed E-state index contributed by atoms with van der Waals surface area (Å²) in [5.41, 5.74) is 0.113. The first-order chi connectivity index (χ1) is 13.5. The maximum Gasteiger partial charge on any atom is 0.319 e. The molecule has 6 nitrogen and oxygen atoms in total. The van der Waals surface area contributed by atoms with Crippen molar-refractivity contribution in [2.75, 3.05) is 59.4 Å². The Bertz CT molecular complexity index is 632. The van der Waals surface area contributed by atoms with E-state index in [9.17, 15) is 9.59 Å². The van der Waals surface area contributed by atoms with Crippen molar-refractivity contribution < 1.29 is 9.59 Å². The van der Waals surface area contributed by atoms with Gasteiger partial charge in [-0.05, 0) is 69.7 Å². The molecule has 5 aliphatic rings. The zero-order chi connectivity index (χ0) is 19.4. The van der Waals surface area contributed by atoms with E-state index in [0.29, 0.717) is 11.8 Å². The van der Waals surface area contributed by atoms with Gasteiger partial charge in [0.05, 0.1) is 5.41 Å². The fourth-order valence-electron chi connectivity index (χ4n) is 7.23. The number of carbonyl (C=O) groups excluding carboxylic acids is 2. The molecule has 1 spiro atoms. The number of likely N-dealkylation sites (tertiary alicyclic amines) is 4. The van der Waals surface area contributed by atoms with Crippen LogP contribution in [0.2, 0.25) is 0 Å². The van der Waals surface area contributed by atoms with Crippen molar-refractivity contribution in [2.24, 2.45) is 16.7 Å². The summed E-state index contributed by atoms with van der Waals surface area (Å²) in [4.78, 5) is 35.1.